The molecule has 0 atom stereocenters. The number of rotatable bonds is 5. The number of non-ortho nitro benzene ring substituents is 1. The molecule has 7 nitrogen and oxygen atoms in total. The Labute approximate surface area is 143 Å². The van der Waals surface area contributed by atoms with Crippen LogP contribution in [0.5, 0.6) is 0 Å². The summed E-state index contributed by atoms with van der Waals surface area (Å²) in [6, 6.07) is 13.4. The number of ether oxygens (including phenoxy) is 1. The van der Waals surface area contributed by atoms with Crippen LogP contribution in [0, 0.1) is 10.1 Å². The molecule has 126 valence electrons. The lowest BCUT2D eigenvalue weighted by Gasteiger charge is -2.11. The van der Waals surface area contributed by atoms with Crippen molar-refractivity contribution < 1.29 is 14.5 Å². The van der Waals surface area contributed by atoms with Crippen LogP contribution >= 0.6 is 0 Å². The fraction of sp³-hybridized carbons (Fsp3) is 0.111. The van der Waals surface area contributed by atoms with Crippen molar-refractivity contribution in [2.75, 3.05) is 7.11 Å². The minimum Gasteiger partial charge on any atom is -0.465 e. The average Bonchev–Trinajstić information content (AvgIpc) is 3.10. The van der Waals surface area contributed by atoms with Crippen molar-refractivity contribution in [3.63, 3.8) is 0 Å². The van der Waals surface area contributed by atoms with Gasteiger partial charge in [0.1, 0.15) is 5.82 Å². The molecule has 0 N–H and O–H groups in total. The molecule has 0 fully saturated rings. The zero-order valence-corrected chi connectivity index (χ0v) is 13.5. The topological polar surface area (TPSA) is 87.3 Å². The first kappa shape index (κ1) is 16.4. The Balaban J connectivity index is 1.98. The van der Waals surface area contributed by atoms with E-state index in [0.29, 0.717) is 23.5 Å². The summed E-state index contributed by atoms with van der Waals surface area (Å²) < 4.78 is 6.65. The number of hydrogen-bond donors (Lipinski definition) is 0. The fourth-order valence-corrected chi connectivity index (χ4v) is 2.61. The molecule has 2 aromatic carbocycles. The summed E-state index contributed by atoms with van der Waals surface area (Å²) in [4.78, 5) is 26.8. The Morgan fingerprint density at radius 2 is 2.04 bits per heavy atom. The van der Waals surface area contributed by atoms with Gasteiger partial charge in [0.05, 0.1) is 17.6 Å². The van der Waals surface area contributed by atoms with Crippen molar-refractivity contribution in [3.05, 3.63) is 82.2 Å². The molecule has 0 radical (unpaired) electrons. The maximum atomic E-state index is 11.9. The fourth-order valence-electron chi connectivity index (χ4n) is 2.61. The zero-order valence-electron chi connectivity index (χ0n) is 13.5. The second-order valence-electron chi connectivity index (χ2n) is 5.33. The number of aromatic nitrogens is 2. The largest absolute Gasteiger partial charge is 0.465 e. The lowest BCUT2D eigenvalue weighted by Crippen LogP contribution is -2.09. The van der Waals surface area contributed by atoms with Crippen LogP contribution in [0.4, 0.5) is 5.69 Å². The Bertz CT molecular complexity index is 933. The summed E-state index contributed by atoms with van der Waals surface area (Å²) in [6.45, 7) is 0.392. The van der Waals surface area contributed by atoms with E-state index in [1.54, 1.807) is 36.7 Å². The highest BCUT2D eigenvalue weighted by atomic mass is 16.6. The second kappa shape index (κ2) is 6.96. The third-order valence-electron chi connectivity index (χ3n) is 3.79. The lowest BCUT2D eigenvalue weighted by molar-refractivity contribution is -0.384. The SMILES string of the molecule is COC(=O)c1ccccc1Cn1ccnc1-c1cccc([N+](=O)[O-])c1. The first-order valence-electron chi connectivity index (χ1n) is 7.52. The lowest BCUT2D eigenvalue weighted by atomic mass is 10.1. The molecule has 25 heavy (non-hydrogen) atoms. The highest BCUT2D eigenvalue weighted by Gasteiger charge is 2.15. The van der Waals surface area contributed by atoms with Gasteiger partial charge in [-0.1, -0.05) is 30.3 Å². The average molecular weight is 337 g/mol. The number of nitro groups is 1. The van der Waals surface area contributed by atoms with Gasteiger partial charge < -0.3 is 9.30 Å². The van der Waals surface area contributed by atoms with Gasteiger partial charge in [0, 0.05) is 36.6 Å². The van der Waals surface area contributed by atoms with E-state index in [2.05, 4.69) is 4.98 Å². The molecular weight excluding hydrogens is 322 g/mol. The predicted molar refractivity (Wildman–Crippen MR) is 91.2 cm³/mol. The van der Waals surface area contributed by atoms with Crippen LogP contribution in [0.2, 0.25) is 0 Å². The molecule has 3 aromatic rings. The minimum atomic E-state index is -0.441. The van der Waals surface area contributed by atoms with Gasteiger partial charge in [-0.25, -0.2) is 9.78 Å². The van der Waals surface area contributed by atoms with E-state index in [0.717, 1.165) is 5.56 Å². The Morgan fingerprint density at radius 3 is 2.80 bits per heavy atom. The van der Waals surface area contributed by atoms with Crippen molar-refractivity contribution in [2.45, 2.75) is 6.54 Å². The molecule has 3 rings (SSSR count). The van der Waals surface area contributed by atoms with E-state index in [4.69, 9.17) is 4.74 Å². The molecule has 0 aliphatic carbocycles. The molecule has 0 aliphatic rings. The van der Waals surface area contributed by atoms with Crippen LogP contribution in [-0.4, -0.2) is 27.6 Å². The normalized spacial score (nSPS) is 10.4. The smallest absolute Gasteiger partial charge is 0.338 e. The number of benzene rings is 2. The highest BCUT2D eigenvalue weighted by molar-refractivity contribution is 5.91. The van der Waals surface area contributed by atoms with Crippen molar-refractivity contribution in [1.82, 2.24) is 9.55 Å². The van der Waals surface area contributed by atoms with E-state index in [1.165, 1.54) is 19.2 Å². The van der Waals surface area contributed by atoms with Gasteiger partial charge in [-0.05, 0) is 11.6 Å². The molecule has 1 heterocycles. The van der Waals surface area contributed by atoms with Crippen LogP contribution < -0.4 is 0 Å². The maximum Gasteiger partial charge on any atom is 0.338 e. The van der Waals surface area contributed by atoms with Crippen molar-refractivity contribution in [3.8, 4) is 11.4 Å². The van der Waals surface area contributed by atoms with Gasteiger partial charge in [-0.3, -0.25) is 10.1 Å². The number of nitrogens with zero attached hydrogens (tertiary/aromatic N) is 3. The van der Waals surface area contributed by atoms with Crippen LogP contribution in [-0.2, 0) is 11.3 Å². The summed E-state index contributed by atoms with van der Waals surface area (Å²) >= 11 is 0. The molecule has 7 heteroatoms. The molecule has 0 saturated heterocycles. The van der Waals surface area contributed by atoms with E-state index in [-0.39, 0.29) is 5.69 Å². The number of hydrogen-bond acceptors (Lipinski definition) is 5. The van der Waals surface area contributed by atoms with Gasteiger partial charge in [-0.15, -0.1) is 0 Å². The monoisotopic (exact) mass is 337 g/mol. The molecule has 0 spiro atoms. The highest BCUT2D eigenvalue weighted by Crippen LogP contribution is 2.24. The number of imidazole rings is 1. The Morgan fingerprint density at radius 1 is 1.24 bits per heavy atom. The second-order valence-corrected chi connectivity index (χ2v) is 5.33. The van der Waals surface area contributed by atoms with E-state index < -0.39 is 10.9 Å². The van der Waals surface area contributed by atoms with E-state index in [1.807, 2.05) is 16.7 Å². The van der Waals surface area contributed by atoms with Crippen LogP contribution in [0.15, 0.2) is 60.9 Å². The summed E-state index contributed by atoms with van der Waals surface area (Å²) in [5.74, 6) is 0.177. The van der Waals surface area contributed by atoms with Crippen molar-refractivity contribution in [2.24, 2.45) is 0 Å². The van der Waals surface area contributed by atoms with Gasteiger partial charge in [0.15, 0.2) is 0 Å². The third kappa shape index (κ3) is 3.40. The molecular formula is C18H15N3O4. The Hall–Kier alpha value is -3.48. The predicted octanol–water partition coefficient (Wildman–Crippen LogP) is 3.29. The summed E-state index contributed by atoms with van der Waals surface area (Å²) in [5.41, 5.74) is 1.89. The summed E-state index contributed by atoms with van der Waals surface area (Å²) in [5, 5.41) is 11.0. The van der Waals surface area contributed by atoms with Crippen molar-refractivity contribution >= 4 is 11.7 Å². The van der Waals surface area contributed by atoms with Crippen LogP contribution in [0.25, 0.3) is 11.4 Å². The molecule has 0 bridgehead atoms. The Kier molecular flexibility index (Phi) is 4.56. The molecule has 0 aliphatic heterocycles. The standard InChI is InChI=1S/C18H15N3O4/c1-25-18(22)16-8-3-2-5-14(16)12-20-10-9-19-17(20)13-6-4-7-15(11-13)21(23)24/h2-11H,12H2,1H3. The minimum absolute atomic E-state index is 0.00186. The van der Waals surface area contributed by atoms with Gasteiger partial charge in [-0.2, -0.15) is 0 Å². The van der Waals surface area contributed by atoms with E-state index in [9.17, 15) is 14.9 Å². The van der Waals surface area contributed by atoms with Gasteiger partial charge in [0.25, 0.3) is 5.69 Å². The zero-order chi connectivity index (χ0) is 17.8. The first-order chi connectivity index (χ1) is 12.1. The van der Waals surface area contributed by atoms with Crippen LogP contribution in [0.3, 0.4) is 0 Å². The summed E-state index contributed by atoms with van der Waals surface area (Å²) in [7, 11) is 1.34. The molecule has 0 amide bonds. The maximum absolute atomic E-state index is 11.9. The number of nitro benzene ring substituents is 1. The number of carbonyl (C=O) groups excluding carboxylic acids is 1. The van der Waals surface area contributed by atoms with Crippen molar-refractivity contribution in [1.29, 1.82) is 0 Å². The quantitative estimate of drug-likeness (QED) is 0.405. The van der Waals surface area contributed by atoms with Gasteiger partial charge in [0.2, 0.25) is 0 Å². The third-order valence-corrected chi connectivity index (χ3v) is 3.79. The number of esters is 1. The first-order valence-corrected chi connectivity index (χ1v) is 7.52. The molecule has 1 aromatic heterocycles. The molecule has 0 saturated carbocycles. The number of methoxy groups -OCH3 is 1. The molecule has 0 unspecified atom stereocenters. The van der Waals surface area contributed by atoms with E-state index >= 15 is 0 Å². The summed E-state index contributed by atoms with van der Waals surface area (Å²) in [6.07, 6.45) is 3.39. The van der Waals surface area contributed by atoms with Crippen LogP contribution in [0.1, 0.15) is 15.9 Å². The van der Waals surface area contributed by atoms with Gasteiger partial charge >= 0.3 is 5.97 Å². The number of carbonyl (C=O) groups is 1.